The molecule has 2 N–H and O–H groups in total. The molecule has 0 spiro atoms. The highest BCUT2D eigenvalue weighted by molar-refractivity contribution is 4.93. The van der Waals surface area contributed by atoms with Gasteiger partial charge in [0, 0.05) is 6.54 Å². The number of nitrogens with two attached hydrogens (primary N) is 1. The predicted molar refractivity (Wildman–Crippen MR) is 32.0 cm³/mol. The molecule has 40 valence electrons. The molecule has 0 saturated heterocycles. The molecule has 0 amide bonds. The fourth-order valence-electron chi connectivity index (χ4n) is 0.263. The van der Waals surface area contributed by atoms with Crippen molar-refractivity contribution in [3.8, 4) is 0 Å². The lowest BCUT2D eigenvalue weighted by atomic mass is 10.4. The molecule has 0 aromatic carbocycles. The Balaban J connectivity index is 3.62. The normalized spacial score (nSPS) is 7.29. The molecule has 0 bridgehead atoms. The summed E-state index contributed by atoms with van der Waals surface area (Å²) in [5.41, 5.74) is 9.28. The lowest BCUT2D eigenvalue weighted by Crippen LogP contribution is -1.90. The Morgan fingerprint density at radius 1 is 1.71 bits per heavy atom. The maximum absolute atomic E-state index is 5.15. The summed E-state index contributed by atoms with van der Waals surface area (Å²) in [6, 6.07) is 0. The van der Waals surface area contributed by atoms with Crippen molar-refractivity contribution in [3.05, 3.63) is 17.4 Å². The lowest BCUT2D eigenvalue weighted by Gasteiger charge is -1.74. The Morgan fingerprint density at radius 3 is 2.43 bits per heavy atom. The average Bonchev–Trinajstić information content (AvgIpc) is 1.61. The van der Waals surface area contributed by atoms with Crippen LogP contribution in [0.15, 0.2) is 17.4 Å². The second-order valence-electron chi connectivity index (χ2n) is 1.58. The SMILES string of the molecule is CC(C)=C=CCN. The van der Waals surface area contributed by atoms with Gasteiger partial charge in [0.2, 0.25) is 0 Å². The van der Waals surface area contributed by atoms with E-state index in [1.165, 1.54) is 5.57 Å². The Hall–Kier alpha value is -0.520. The van der Waals surface area contributed by atoms with E-state index >= 15 is 0 Å². The highest BCUT2D eigenvalue weighted by Crippen LogP contribution is 1.80. The fraction of sp³-hybridized carbons (Fsp3) is 0.500. The topological polar surface area (TPSA) is 26.0 Å². The van der Waals surface area contributed by atoms with Crippen molar-refractivity contribution in [2.75, 3.05) is 6.54 Å². The van der Waals surface area contributed by atoms with Gasteiger partial charge in [-0.1, -0.05) is 0 Å². The summed E-state index contributed by atoms with van der Waals surface area (Å²) in [5, 5.41) is 0. The second kappa shape index (κ2) is 3.66. The molecular weight excluding hydrogens is 86.1 g/mol. The van der Waals surface area contributed by atoms with Crippen molar-refractivity contribution in [3.63, 3.8) is 0 Å². The van der Waals surface area contributed by atoms with Crippen LogP contribution in [0.2, 0.25) is 0 Å². The monoisotopic (exact) mass is 97.1 g/mol. The standard InChI is InChI=1S/C6H11N/c1-6(2)4-3-5-7/h3H,5,7H2,1-2H3. The van der Waals surface area contributed by atoms with E-state index in [4.69, 9.17) is 5.73 Å². The molecule has 0 aliphatic rings. The van der Waals surface area contributed by atoms with E-state index in [2.05, 4.69) is 5.73 Å². The zero-order valence-electron chi connectivity index (χ0n) is 4.86. The van der Waals surface area contributed by atoms with Crippen molar-refractivity contribution < 1.29 is 0 Å². The zero-order chi connectivity index (χ0) is 5.70. The molecule has 1 heteroatoms. The van der Waals surface area contributed by atoms with Crippen molar-refractivity contribution in [2.45, 2.75) is 13.8 Å². The molecule has 0 unspecified atom stereocenters. The number of hydrogen-bond acceptors (Lipinski definition) is 1. The smallest absolute Gasteiger partial charge is 0.0182 e. The Bertz CT molecular complexity index is 92.7. The molecule has 0 rings (SSSR count). The zero-order valence-corrected chi connectivity index (χ0v) is 4.86. The predicted octanol–water partition coefficient (Wildman–Crippen LogP) is 1.07. The quantitative estimate of drug-likeness (QED) is 0.486. The summed E-state index contributed by atoms with van der Waals surface area (Å²) in [4.78, 5) is 0. The van der Waals surface area contributed by atoms with Crippen LogP contribution in [0, 0.1) is 0 Å². The van der Waals surface area contributed by atoms with Crippen LogP contribution in [-0.2, 0) is 0 Å². The van der Waals surface area contributed by atoms with E-state index in [9.17, 15) is 0 Å². The molecule has 0 aliphatic heterocycles. The van der Waals surface area contributed by atoms with Gasteiger partial charge in [0.05, 0.1) is 0 Å². The van der Waals surface area contributed by atoms with Crippen LogP contribution in [0.3, 0.4) is 0 Å². The summed E-state index contributed by atoms with van der Waals surface area (Å²) in [7, 11) is 0. The van der Waals surface area contributed by atoms with Crippen molar-refractivity contribution >= 4 is 0 Å². The summed E-state index contributed by atoms with van der Waals surface area (Å²) < 4.78 is 0. The minimum atomic E-state index is 0.588. The first-order chi connectivity index (χ1) is 3.27. The number of rotatable bonds is 1. The van der Waals surface area contributed by atoms with E-state index in [-0.39, 0.29) is 0 Å². The summed E-state index contributed by atoms with van der Waals surface area (Å²) in [6.45, 7) is 4.57. The van der Waals surface area contributed by atoms with Gasteiger partial charge in [-0.2, -0.15) is 0 Å². The van der Waals surface area contributed by atoms with Crippen molar-refractivity contribution in [2.24, 2.45) is 5.73 Å². The molecule has 1 nitrogen and oxygen atoms in total. The van der Waals surface area contributed by atoms with Gasteiger partial charge < -0.3 is 5.73 Å². The third-order valence-electron chi connectivity index (χ3n) is 0.509. The van der Waals surface area contributed by atoms with Crippen LogP contribution >= 0.6 is 0 Å². The molecule has 7 heavy (non-hydrogen) atoms. The molecule has 0 heterocycles. The van der Waals surface area contributed by atoms with E-state index in [1.807, 2.05) is 19.9 Å². The van der Waals surface area contributed by atoms with Gasteiger partial charge in [0.1, 0.15) is 0 Å². The lowest BCUT2D eigenvalue weighted by molar-refractivity contribution is 1.25. The third-order valence-corrected chi connectivity index (χ3v) is 0.509. The Labute approximate surface area is 44.5 Å². The van der Waals surface area contributed by atoms with Gasteiger partial charge >= 0.3 is 0 Å². The maximum Gasteiger partial charge on any atom is 0.0182 e. The average molecular weight is 97.2 g/mol. The molecular formula is C6H11N. The highest BCUT2D eigenvalue weighted by Gasteiger charge is 1.63. The van der Waals surface area contributed by atoms with E-state index in [0.717, 1.165) is 0 Å². The van der Waals surface area contributed by atoms with Crippen molar-refractivity contribution in [1.82, 2.24) is 0 Å². The van der Waals surface area contributed by atoms with Gasteiger partial charge in [-0.05, 0) is 25.5 Å². The van der Waals surface area contributed by atoms with Crippen LogP contribution < -0.4 is 5.73 Å². The maximum atomic E-state index is 5.15. The molecule has 0 aromatic heterocycles. The largest absolute Gasteiger partial charge is 0.326 e. The fourth-order valence-corrected chi connectivity index (χ4v) is 0.263. The molecule has 0 radical (unpaired) electrons. The highest BCUT2D eigenvalue weighted by atomic mass is 14.5. The van der Waals surface area contributed by atoms with Crippen LogP contribution in [0.5, 0.6) is 0 Å². The van der Waals surface area contributed by atoms with Gasteiger partial charge in [0.25, 0.3) is 0 Å². The van der Waals surface area contributed by atoms with Crippen LogP contribution in [0.4, 0.5) is 0 Å². The van der Waals surface area contributed by atoms with Crippen LogP contribution in [-0.4, -0.2) is 6.54 Å². The molecule has 0 atom stereocenters. The number of hydrogen-bond donors (Lipinski definition) is 1. The van der Waals surface area contributed by atoms with Crippen LogP contribution in [0.1, 0.15) is 13.8 Å². The van der Waals surface area contributed by atoms with Gasteiger partial charge in [-0.25, -0.2) is 0 Å². The van der Waals surface area contributed by atoms with E-state index < -0.39 is 0 Å². The summed E-state index contributed by atoms with van der Waals surface area (Å²) in [5.74, 6) is 0. The minimum Gasteiger partial charge on any atom is -0.326 e. The molecule has 0 saturated carbocycles. The van der Waals surface area contributed by atoms with Gasteiger partial charge in [-0.3, -0.25) is 0 Å². The van der Waals surface area contributed by atoms with Crippen molar-refractivity contribution in [1.29, 1.82) is 0 Å². The van der Waals surface area contributed by atoms with Crippen LogP contribution in [0.25, 0.3) is 0 Å². The minimum absolute atomic E-state index is 0.588. The first-order valence-corrected chi connectivity index (χ1v) is 2.36. The summed E-state index contributed by atoms with van der Waals surface area (Å²) >= 11 is 0. The van der Waals surface area contributed by atoms with E-state index in [1.54, 1.807) is 0 Å². The summed E-state index contributed by atoms with van der Waals surface area (Å²) in [6.07, 6.45) is 1.81. The van der Waals surface area contributed by atoms with E-state index in [0.29, 0.717) is 6.54 Å². The first kappa shape index (κ1) is 6.48. The second-order valence-corrected chi connectivity index (χ2v) is 1.58. The molecule has 0 fully saturated rings. The molecule has 0 aromatic rings. The Kier molecular flexibility index (Phi) is 3.39. The van der Waals surface area contributed by atoms with Gasteiger partial charge in [0.15, 0.2) is 0 Å². The third kappa shape index (κ3) is 5.48. The first-order valence-electron chi connectivity index (χ1n) is 2.36. The molecule has 0 aliphatic carbocycles. The Morgan fingerprint density at radius 2 is 2.29 bits per heavy atom. The van der Waals surface area contributed by atoms with Gasteiger partial charge in [-0.15, -0.1) is 5.73 Å².